The average molecular weight is 467 g/mol. The van der Waals surface area contributed by atoms with Crippen LogP contribution in [0.1, 0.15) is 68.3 Å². The van der Waals surface area contributed by atoms with E-state index in [0.717, 1.165) is 54.4 Å². The fourth-order valence-corrected chi connectivity index (χ4v) is 4.86. The third kappa shape index (κ3) is 5.06. The van der Waals surface area contributed by atoms with Crippen LogP contribution < -0.4 is 14.2 Å². The first-order chi connectivity index (χ1) is 16.3. The predicted molar refractivity (Wildman–Crippen MR) is 130 cm³/mol. The average Bonchev–Trinajstić information content (AvgIpc) is 3.22. The number of ether oxygens (including phenoxy) is 4. The lowest BCUT2D eigenvalue weighted by molar-refractivity contribution is -0.165. The van der Waals surface area contributed by atoms with E-state index in [4.69, 9.17) is 18.9 Å². The number of esters is 1. The Balaban J connectivity index is 1.60. The van der Waals surface area contributed by atoms with Crippen LogP contribution in [0.2, 0.25) is 0 Å². The molecule has 2 aromatic carbocycles. The zero-order valence-electron chi connectivity index (χ0n) is 20.6. The van der Waals surface area contributed by atoms with E-state index in [0.29, 0.717) is 23.7 Å². The van der Waals surface area contributed by atoms with Crippen molar-refractivity contribution in [3.05, 3.63) is 41.5 Å². The van der Waals surface area contributed by atoms with E-state index in [2.05, 4.69) is 0 Å². The summed E-state index contributed by atoms with van der Waals surface area (Å²) in [5.41, 5.74) is 2.78. The first-order valence-corrected chi connectivity index (χ1v) is 12.1. The molecule has 2 aliphatic carbocycles. The van der Waals surface area contributed by atoms with E-state index >= 15 is 0 Å². The zero-order valence-corrected chi connectivity index (χ0v) is 20.6. The minimum Gasteiger partial charge on any atom is -0.493 e. The van der Waals surface area contributed by atoms with Gasteiger partial charge in [0.25, 0.3) is 0 Å². The first kappa shape index (κ1) is 24.1. The van der Waals surface area contributed by atoms with Crippen molar-refractivity contribution in [2.75, 3.05) is 20.8 Å². The van der Waals surface area contributed by atoms with Crippen LogP contribution in [0, 0.1) is 5.92 Å². The van der Waals surface area contributed by atoms with Gasteiger partial charge in [0.15, 0.2) is 17.3 Å². The van der Waals surface area contributed by atoms with E-state index < -0.39 is 5.60 Å². The van der Waals surface area contributed by atoms with Gasteiger partial charge in [-0.25, -0.2) is 0 Å². The SMILES string of the molecule is COc1ccc(-c2ccc3c(c2)CCC3=O)c(OCC(C)(C)OC(=O)C2CCCCC2)c1OC. The number of hydrogen-bond donors (Lipinski definition) is 0. The molecule has 4 rings (SSSR count). The molecule has 2 aromatic rings. The summed E-state index contributed by atoms with van der Waals surface area (Å²) in [7, 11) is 3.16. The summed E-state index contributed by atoms with van der Waals surface area (Å²) in [6.45, 7) is 3.88. The number of methoxy groups -OCH3 is 2. The molecular weight excluding hydrogens is 432 g/mol. The molecule has 0 N–H and O–H groups in total. The van der Waals surface area contributed by atoms with Crippen molar-refractivity contribution in [2.24, 2.45) is 5.92 Å². The molecule has 2 aliphatic rings. The van der Waals surface area contributed by atoms with Gasteiger partial charge in [0.05, 0.1) is 20.1 Å². The van der Waals surface area contributed by atoms with E-state index in [9.17, 15) is 9.59 Å². The zero-order chi connectivity index (χ0) is 24.3. The normalized spacial score (nSPS) is 16.2. The Morgan fingerprint density at radius 1 is 0.941 bits per heavy atom. The van der Waals surface area contributed by atoms with Crippen molar-refractivity contribution >= 4 is 11.8 Å². The van der Waals surface area contributed by atoms with Gasteiger partial charge in [-0.1, -0.05) is 37.5 Å². The molecule has 0 bridgehead atoms. The Morgan fingerprint density at radius 2 is 1.68 bits per heavy atom. The van der Waals surface area contributed by atoms with Gasteiger partial charge < -0.3 is 18.9 Å². The van der Waals surface area contributed by atoms with Crippen molar-refractivity contribution in [1.82, 2.24) is 0 Å². The second-order valence-corrected chi connectivity index (χ2v) is 9.78. The van der Waals surface area contributed by atoms with E-state index in [-0.39, 0.29) is 24.3 Å². The molecule has 1 saturated carbocycles. The van der Waals surface area contributed by atoms with Crippen molar-refractivity contribution in [1.29, 1.82) is 0 Å². The highest BCUT2D eigenvalue weighted by molar-refractivity contribution is 6.01. The van der Waals surface area contributed by atoms with Crippen LogP contribution in [0.4, 0.5) is 0 Å². The Labute approximate surface area is 201 Å². The van der Waals surface area contributed by atoms with Crippen LogP contribution in [0.3, 0.4) is 0 Å². The first-order valence-electron chi connectivity index (χ1n) is 12.1. The number of ketones is 1. The van der Waals surface area contributed by atoms with Crippen LogP contribution >= 0.6 is 0 Å². The quantitative estimate of drug-likeness (QED) is 0.459. The second-order valence-electron chi connectivity index (χ2n) is 9.78. The smallest absolute Gasteiger partial charge is 0.309 e. The fourth-order valence-electron chi connectivity index (χ4n) is 4.86. The Kier molecular flexibility index (Phi) is 7.15. The molecule has 6 nitrogen and oxygen atoms in total. The van der Waals surface area contributed by atoms with Gasteiger partial charge in [0.1, 0.15) is 12.2 Å². The summed E-state index contributed by atoms with van der Waals surface area (Å²) >= 11 is 0. The number of aryl methyl sites for hydroxylation is 1. The summed E-state index contributed by atoms with van der Waals surface area (Å²) < 4.78 is 23.3. The minimum absolute atomic E-state index is 0.0240. The topological polar surface area (TPSA) is 71.1 Å². The van der Waals surface area contributed by atoms with Gasteiger partial charge in [-0.3, -0.25) is 9.59 Å². The van der Waals surface area contributed by atoms with Gasteiger partial charge in [-0.2, -0.15) is 0 Å². The molecule has 0 heterocycles. The molecule has 0 radical (unpaired) electrons. The third-order valence-corrected chi connectivity index (χ3v) is 6.72. The molecule has 0 aliphatic heterocycles. The van der Waals surface area contributed by atoms with Crippen LogP contribution in [0.25, 0.3) is 11.1 Å². The van der Waals surface area contributed by atoms with Gasteiger partial charge in [0, 0.05) is 17.5 Å². The lowest BCUT2D eigenvalue weighted by Gasteiger charge is -2.29. The van der Waals surface area contributed by atoms with Crippen LogP contribution in [-0.2, 0) is 16.0 Å². The molecule has 0 amide bonds. The lowest BCUT2D eigenvalue weighted by atomic mass is 9.89. The van der Waals surface area contributed by atoms with E-state index in [1.54, 1.807) is 14.2 Å². The van der Waals surface area contributed by atoms with Crippen LogP contribution in [0.5, 0.6) is 17.2 Å². The molecule has 0 saturated heterocycles. The summed E-state index contributed by atoms with van der Waals surface area (Å²) in [5, 5.41) is 0. The van der Waals surface area contributed by atoms with Crippen LogP contribution in [-0.4, -0.2) is 38.2 Å². The number of fused-ring (bicyclic) bond motifs is 1. The maximum absolute atomic E-state index is 12.7. The molecule has 0 aromatic heterocycles. The molecule has 182 valence electrons. The highest BCUT2D eigenvalue weighted by atomic mass is 16.6. The number of rotatable bonds is 8. The van der Waals surface area contributed by atoms with E-state index in [1.165, 1.54) is 6.42 Å². The lowest BCUT2D eigenvalue weighted by Crippen LogP contribution is -2.37. The Bertz CT molecular complexity index is 1060. The van der Waals surface area contributed by atoms with Gasteiger partial charge in [0.2, 0.25) is 5.75 Å². The molecule has 0 spiro atoms. The van der Waals surface area contributed by atoms with Gasteiger partial charge in [-0.15, -0.1) is 0 Å². The molecule has 0 atom stereocenters. The summed E-state index contributed by atoms with van der Waals surface area (Å²) in [6.07, 6.45) is 6.42. The monoisotopic (exact) mass is 466 g/mol. The fraction of sp³-hybridized carbons (Fsp3) is 0.500. The Morgan fingerprint density at radius 3 is 2.38 bits per heavy atom. The Hall–Kier alpha value is -3.02. The van der Waals surface area contributed by atoms with Crippen molar-refractivity contribution in [2.45, 2.75) is 64.4 Å². The maximum atomic E-state index is 12.7. The van der Waals surface area contributed by atoms with Crippen molar-refractivity contribution in [3.63, 3.8) is 0 Å². The highest BCUT2D eigenvalue weighted by Crippen LogP contribution is 2.45. The summed E-state index contributed by atoms with van der Waals surface area (Å²) in [4.78, 5) is 24.8. The highest BCUT2D eigenvalue weighted by Gasteiger charge is 2.31. The second kappa shape index (κ2) is 10.1. The molecule has 1 fully saturated rings. The molecular formula is C28H34O6. The van der Waals surface area contributed by atoms with Gasteiger partial charge >= 0.3 is 5.97 Å². The number of benzene rings is 2. The molecule has 0 unspecified atom stereocenters. The standard InChI is InChI=1S/C28H34O6/c1-28(2,34-27(30)18-8-6-5-7-9-18)17-33-25-22(13-15-24(31-3)26(25)32-4)20-10-12-21-19(16-20)11-14-23(21)29/h10,12-13,15-16,18H,5-9,11,14,17H2,1-4H3. The largest absolute Gasteiger partial charge is 0.493 e. The van der Waals surface area contributed by atoms with E-state index in [1.807, 2.05) is 44.2 Å². The van der Waals surface area contributed by atoms with Gasteiger partial charge in [-0.05, 0) is 56.4 Å². The minimum atomic E-state index is -0.815. The molecule has 6 heteroatoms. The number of hydrogen-bond acceptors (Lipinski definition) is 6. The maximum Gasteiger partial charge on any atom is 0.309 e. The third-order valence-electron chi connectivity index (χ3n) is 6.72. The number of carbonyl (C=O) groups is 2. The van der Waals surface area contributed by atoms with Crippen LogP contribution in [0.15, 0.2) is 30.3 Å². The van der Waals surface area contributed by atoms with Crippen molar-refractivity contribution < 1.29 is 28.5 Å². The summed E-state index contributed by atoms with van der Waals surface area (Å²) in [5.74, 6) is 1.57. The predicted octanol–water partition coefficient (Wildman–Crippen LogP) is 5.78. The van der Waals surface area contributed by atoms with Crippen molar-refractivity contribution in [3.8, 4) is 28.4 Å². The summed E-state index contributed by atoms with van der Waals surface area (Å²) in [6, 6.07) is 9.63. The molecule has 34 heavy (non-hydrogen) atoms. The number of carbonyl (C=O) groups excluding carboxylic acids is 2. The number of Topliss-reactive ketones (excluding diaryl/α,β-unsaturated/α-hetero) is 1.